The second-order valence-corrected chi connectivity index (χ2v) is 22.1. The van der Waals surface area contributed by atoms with Crippen LogP contribution in [0.3, 0.4) is 0 Å². The van der Waals surface area contributed by atoms with Gasteiger partial charge in [-0.1, -0.05) is 185 Å². The quantitative estimate of drug-likeness (QED) is 0.00905. The Labute approximate surface area is 449 Å². The van der Waals surface area contributed by atoms with E-state index in [1.807, 2.05) is 172 Å². The topological polar surface area (TPSA) is 196 Å². The number of carbonyl (C=O) groups is 4. The fourth-order valence-corrected chi connectivity index (χ4v) is 13.6. The van der Waals surface area contributed by atoms with Crippen LogP contribution in [-0.4, -0.2) is 76.5 Å². The largest absolute Gasteiger partial charge is 0.504 e. The molecule has 17 heteroatoms. The van der Waals surface area contributed by atoms with Crippen LogP contribution >= 0.6 is 34.4 Å². The predicted octanol–water partition coefficient (Wildman–Crippen LogP) is 9.87. The number of thioether (sulfide) groups is 1. The number of aliphatic imine (C=N–C) groups is 1. The normalized spacial score (nSPS) is 20.6. The number of benzene rings is 6. The number of amides is 2. The number of ether oxygens (including phenoxy) is 1. The van der Waals surface area contributed by atoms with Crippen LogP contribution in [0.25, 0.3) is 0 Å². The predicted molar refractivity (Wildman–Crippen MR) is 293 cm³/mol. The molecule has 1 saturated heterocycles. The number of rotatable bonds is 16. The second kappa shape index (κ2) is 21.9. The molecule has 9 rings (SSSR count). The molecule has 3 heterocycles. The monoisotopic (exact) mass is 1140 g/mol. The molecule has 0 aromatic heterocycles. The highest BCUT2D eigenvalue weighted by atomic mass is 127. The Hall–Kier alpha value is -6.90. The highest BCUT2D eigenvalue weighted by Gasteiger charge is 2.74. The summed E-state index contributed by atoms with van der Waals surface area (Å²) in [6.45, 7) is 5.54. The molecule has 0 spiro atoms. The Balaban J connectivity index is 1.13. The maximum Gasteiger partial charge on any atom is 0.391 e. The molecule has 0 saturated carbocycles. The van der Waals surface area contributed by atoms with Gasteiger partial charge in [0.05, 0.1) is 17.1 Å². The van der Waals surface area contributed by atoms with Crippen LogP contribution in [-0.2, 0) is 45.0 Å². The molecule has 1 fully saturated rings. The van der Waals surface area contributed by atoms with Crippen molar-refractivity contribution in [2.75, 3.05) is 10.2 Å². The lowest BCUT2D eigenvalue weighted by Gasteiger charge is -2.61. The van der Waals surface area contributed by atoms with E-state index in [1.165, 1.54) is 30.0 Å². The number of carboxylic acid groups (broad SMARTS) is 1. The van der Waals surface area contributed by atoms with E-state index in [9.17, 15) is 34.5 Å². The van der Waals surface area contributed by atoms with Gasteiger partial charge in [-0.3, -0.25) is 4.79 Å². The summed E-state index contributed by atoms with van der Waals surface area (Å²) >= 11 is 3.53. The smallest absolute Gasteiger partial charge is 0.391 e. The lowest BCUT2D eigenvalue weighted by atomic mass is 9.77. The van der Waals surface area contributed by atoms with Crippen molar-refractivity contribution in [2.45, 2.75) is 62.6 Å². The van der Waals surface area contributed by atoms with Crippen molar-refractivity contribution in [2.24, 2.45) is 9.52 Å². The standard InChI is InChI=1S/C57H52IN5O9S2/c1-56(2,3)63-43(34-73-46(33-58)49(63)53(68)69)48(52(63)67)60-47(66)32-42-35-74(55(59-42)61-57(39-23-13-6-14-24-39,40-25-15-7-16-26-40)41-27-17-8-18-28-41)62-72-51(38-29-30-44(64)45(65)31-38)54(70)71-50(36-19-9-4-10-20-36)37-21-11-5-12-22-37/h4-31,35,43,48,50-51H,32-34H2,1-3H3,(H4-,59,60,61,64,65,66,68,69)/p+1/t43-,48+,51?,63?,74?/m1/s1. The third kappa shape index (κ3) is 9.93. The van der Waals surface area contributed by atoms with Crippen molar-refractivity contribution in [3.05, 3.63) is 225 Å². The van der Waals surface area contributed by atoms with Crippen LogP contribution in [0.4, 0.5) is 0 Å². The highest BCUT2D eigenvalue weighted by Crippen LogP contribution is 2.52. The van der Waals surface area contributed by atoms with Gasteiger partial charge in [0, 0.05) is 26.2 Å². The van der Waals surface area contributed by atoms with E-state index in [0.717, 1.165) is 16.7 Å². The number of allylic oxidation sites excluding steroid dienone is 1. The van der Waals surface area contributed by atoms with Gasteiger partial charge in [-0.2, -0.15) is 0 Å². The number of alkyl halides is 1. The third-order valence-electron chi connectivity index (χ3n) is 13.3. The maximum absolute atomic E-state index is 14.7. The molecule has 378 valence electrons. The van der Waals surface area contributed by atoms with Gasteiger partial charge in [-0.05, 0) is 66.3 Å². The molecule has 5 N–H and O–H groups in total. The number of esters is 1. The fourth-order valence-electron chi connectivity index (χ4n) is 10.0. The van der Waals surface area contributed by atoms with E-state index < -0.39 is 81.3 Å². The molecule has 0 aliphatic carbocycles. The van der Waals surface area contributed by atoms with E-state index in [1.54, 1.807) is 5.41 Å². The lowest BCUT2D eigenvalue weighted by Crippen LogP contribution is -2.87. The van der Waals surface area contributed by atoms with Crippen LogP contribution in [0.5, 0.6) is 11.5 Å². The van der Waals surface area contributed by atoms with Gasteiger partial charge >= 0.3 is 17.8 Å². The van der Waals surface area contributed by atoms with Gasteiger partial charge in [0.1, 0.15) is 17.1 Å². The summed E-state index contributed by atoms with van der Waals surface area (Å²) in [5.74, 6) is -3.39. The van der Waals surface area contributed by atoms with Crippen LogP contribution in [0, 0.1) is 0 Å². The minimum absolute atomic E-state index is 0.0504. The lowest BCUT2D eigenvalue weighted by molar-refractivity contribution is -0.912. The maximum atomic E-state index is 14.7. The zero-order chi connectivity index (χ0) is 52.2. The molecular weight excluding hydrogens is 1090 g/mol. The number of β-lactam (4-membered cyclic amide) rings is 1. The molecule has 6 aromatic carbocycles. The number of phenolic OH excluding ortho intramolecular Hbond substituents is 2. The molecule has 14 nitrogen and oxygen atoms in total. The number of nitrogens with zero attached hydrogens (tertiary/aromatic N) is 3. The van der Waals surface area contributed by atoms with Crippen LogP contribution in [0.2, 0.25) is 0 Å². The van der Waals surface area contributed by atoms with E-state index in [4.69, 9.17) is 19.1 Å². The first-order valence-electron chi connectivity index (χ1n) is 23.7. The summed E-state index contributed by atoms with van der Waals surface area (Å²) in [6.07, 6.45) is -2.73. The molecule has 2 amide bonds. The zero-order valence-electron chi connectivity index (χ0n) is 40.5. The molecular formula is C57H53IN5O9S2+. The Kier molecular flexibility index (Phi) is 15.4. The number of fused-ring (bicyclic) bond motifs is 1. The van der Waals surface area contributed by atoms with Crippen molar-refractivity contribution < 1.29 is 48.6 Å². The summed E-state index contributed by atoms with van der Waals surface area (Å²) in [4.78, 5) is 68.9. The van der Waals surface area contributed by atoms with Gasteiger partial charge in [0.15, 0.2) is 28.8 Å². The average molecular weight is 1140 g/mol. The van der Waals surface area contributed by atoms with Crippen LogP contribution in [0.1, 0.15) is 72.8 Å². The Morgan fingerprint density at radius 3 is 1.80 bits per heavy atom. The van der Waals surface area contributed by atoms with Gasteiger partial charge in [0.2, 0.25) is 17.7 Å². The SMILES string of the molecule is CC(C)(C)[N+]12C(=O)[C@@H](NC(=O)CC3=C/S(=N/OC(C(=O)OC(c4ccccc4)c4ccccc4)c4ccc(O)c(O)c4)C(=NC(c4ccccc4)(c4ccccc4)c4ccccc4)N3)[C@H]1CSC(CI)=C2C(=O)O. The summed E-state index contributed by atoms with van der Waals surface area (Å²) in [5, 5.41) is 39.9. The van der Waals surface area contributed by atoms with Crippen molar-refractivity contribution in [3.8, 4) is 11.5 Å². The summed E-state index contributed by atoms with van der Waals surface area (Å²) in [7, 11) is -1.50. The number of carboxylic acids is 1. The highest BCUT2D eigenvalue weighted by molar-refractivity contribution is 14.1. The van der Waals surface area contributed by atoms with E-state index in [-0.39, 0.29) is 27.3 Å². The van der Waals surface area contributed by atoms with E-state index >= 15 is 0 Å². The number of aromatic hydroxyl groups is 2. The van der Waals surface area contributed by atoms with Crippen molar-refractivity contribution >= 4 is 74.0 Å². The molecule has 3 aliphatic heterocycles. The minimum atomic E-state index is -1.59. The second-order valence-electron chi connectivity index (χ2n) is 18.8. The number of halogens is 1. The van der Waals surface area contributed by atoms with Crippen molar-refractivity contribution in [1.82, 2.24) is 10.6 Å². The number of amidine groups is 1. The number of hydrogen-bond acceptors (Lipinski definition) is 11. The first-order chi connectivity index (χ1) is 35.7. The third-order valence-corrected chi connectivity index (χ3v) is 17.2. The van der Waals surface area contributed by atoms with Crippen molar-refractivity contribution in [3.63, 3.8) is 0 Å². The number of aliphatic carboxylic acids is 1. The van der Waals surface area contributed by atoms with Crippen LogP contribution < -0.4 is 10.6 Å². The molecule has 3 unspecified atom stereocenters. The Morgan fingerprint density at radius 2 is 1.31 bits per heavy atom. The van der Waals surface area contributed by atoms with Crippen LogP contribution in [0.15, 0.2) is 201 Å². The summed E-state index contributed by atoms with van der Waals surface area (Å²) in [6, 6.07) is 50.0. The number of nitrogens with one attached hydrogen (secondary N) is 2. The first kappa shape index (κ1) is 52.0. The molecule has 6 aromatic rings. The first-order valence-corrected chi connectivity index (χ1v) is 27.5. The molecule has 0 bridgehead atoms. The fraction of sp³-hybridized carbons (Fsp3) is 0.211. The molecule has 3 aliphatic rings. The molecule has 74 heavy (non-hydrogen) atoms. The number of hydrogen-bond donors (Lipinski definition) is 5. The Bertz CT molecular complexity index is 3080. The number of carbonyl (C=O) groups excluding carboxylic acids is 3. The van der Waals surface area contributed by atoms with Gasteiger partial charge in [-0.25, -0.2) is 28.7 Å². The Morgan fingerprint density at radius 1 is 0.784 bits per heavy atom. The zero-order valence-corrected chi connectivity index (χ0v) is 44.3. The summed E-state index contributed by atoms with van der Waals surface area (Å²) in [5.41, 5.74) is 2.33. The van der Waals surface area contributed by atoms with Crippen molar-refractivity contribution in [1.29, 1.82) is 0 Å². The average Bonchev–Trinajstić information content (AvgIpc) is 3.79. The van der Waals surface area contributed by atoms with E-state index in [2.05, 4.69) is 33.2 Å². The number of quaternary nitrogens is 1. The minimum Gasteiger partial charge on any atom is -0.504 e. The summed E-state index contributed by atoms with van der Waals surface area (Å²) < 4.78 is 11.1. The van der Waals surface area contributed by atoms with E-state index in [0.29, 0.717) is 31.9 Å². The van der Waals surface area contributed by atoms with Gasteiger partial charge < -0.3 is 30.7 Å². The van der Waals surface area contributed by atoms with Gasteiger partial charge in [0.25, 0.3) is 0 Å². The molecule has 5 atom stereocenters. The molecule has 0 radical (unpaired) electrons. The number of phenols is 2. The van der Waals surface area contributed by atoms with Gasteiger partial charge in [-0.15, -0.1) is 11.8 Å².